The second-order valence-corrected chi connectivity index (χ2v) is 8.13. The van der Waals surface area contributed by atoms with Crippen LogP contribution >= 0.6 is 24.0 Å². The van der Waals surface area contributed by atoms with Crippen molar-refractivity contribution < 1.29 is 19.1 Å². The Morgan fingerprint density at radius 1 is 1.23 bits per heavy atom. The van der Waals surface area contributed by atoms with Gasteiger partial charge in [0, 0.05) is 30.9 Å². The Balaban J connectivity index is 1.47. The summed E-state index contributed by atoms with van der Waals surface area (Å²) in [6.45, 7) is 0.311. The molecule has 2 aromatic rings. The molecule has 0 spiro atoms. The molecule has 1 saturated heterocycles. The standard InChI is InChI=1S/C21H20N4O4S2/c1-29-16-5-2-4-14(12-16)13-17-20(28)25(21(30)31-17)11-3-6-18(26)23-24-19(27)15-7-9-22-10-8-15/h2,4-5,7-10,12-13H,3,6,11H2,1H3,(H,23,26)(H,24,27). The van der Waals surface area contributed by atoms with Crippen molar-refractivity contribution in [3.8, 4) is 5.75 Å². The summed E-state index contributed by atoms with van der Waals surface area (Å²) in [4.78, 5) is 42.4. The minimum atomic E-state index is -0.435. The molecule has 2 N–H and O–H groups in total. The number of nitrogens with zero attached hydrogens (tertiary/aromatic N) is 2. The molecule has 1 aromatic carbocycles. The molecule has 0 radical (unpaired) electrons. The molecule has 31 heavy (non-hydrogen) atoms. The highest BCUT2D eigenvalue weighted by Crippen LogP contribution is 2.33. The van der Waals surface area contributed by atoms with Gasteiger partial charge in [0.2, 0.25) is 5.91 Å². The van der Waals surface area contributed by atoms with Crippen molar-refractivity contribution in [1.29, 1.82) is 0 Å². The molecule has 1 aliphatic heterocycles. The van der Waals surface area contributed by atoms with Crippen LogP contribution < -0.4 is 15.6 Å². The first kappa shape index (κ1) is 22.4. The van der Waals surface area contributed by atoms with Crippen molar-refractivity contribution in [3.63, 3.8) is 0 Å². The van der Waals surface area contributed by atoms with E-state index >= 15 is 0 Å². The summed E-state index contributed by atoms with van der Waals surface area (Å²) in [6.07, 6.45) is 5.27. The number of ether oxygens (including phenoxy) is 1. The number of hydrogen-bond acceptors (Lipinski definition) is 7. The number of thioether (sulfide) groups is 1. The van der Waals surface area contributed by atoms with Crippen molar-refractivity contribution in [3.05, 3.63) is 64.8 Å². The van der Waals surface area contributed by atoms with Crippen molar-refractivity contribution in [2.24, 2.45) is 0 Å². The third-order valence-electron chi connectivity index (χ3n) is 4.31. The lowest BCUT2D eigenvalue weighted by Crippen LogP contribution is -2.41. The minimum absolute atomic E-state index is 0.128. The van der Waals surface area contributed by atoms with Crippen LogP contribution in [-0.2, 0) is 9.59 Å². The zero-order valence-electron chi connectivity index (χ0n) is 16.7. The minimum Gasteiger partial charge on any atom is -0.497 e. The van der Waals surface area contributed by atoms with Gasteiger partial charge in [0.25, 0.3) is 11.8 Å². The summed E-state index contributed by atoms with van der Waals surface area (Å²) >= 11 is 6.54. The first-order valence-corrected chi connectivity index (χ1v) is 10.6. The van der Waals surface area contributed by atoms with Crippen LogP contribution in [0.2, 0.25) is 0 Å². The molecule has 10 heteroatoms. The van der Waals surface area contributed by atoms with Crippen molar-refractivity contribution in [2.45, 2.75) is 12.8 Å². The number of amides is 3. The van der Waals surface area contributed by atoms with E-state index in [1.165, 1.54) is 41.2 Å². The molecule has 1 aliphatic rings. The maximum absolute atomic E-state index is 12.7. The monoisotopic (exact) mass is 456 g/mol. The summed E-state index contributed by atoms with van der Waals surface area (Å²) in [5.74, 6) is -0.286. The number of carbonyl (C=O) groups is 3. The summed E-state index contributed by atoms with van der Waals surface area (Å²) in [6, 6.07) is 10.5. The molecule has 1 fully saturated rings. The van der Waals surface area contributed by atoms with E-state index in [1.807, 2.05) is 24.3 Å². The highest BCUT2D eigenvalue weighted by atomic mass is 32.2. The number of nitrogens with one attached hydrogen (secondary N) is 2. The van der Waals surface area contributed by atoms with E-state index in [0.29, 0.717) is 33.5 Å². The highest BCUT2D eigenvalue weighted by molar-refractivity contribution is 8.26. The van der Waals surface area contributed by atoms with Gasteiger partial charge >= 0.3 is 0 Å². The highest BCUT2D eigenvalue weighted by Gasteiger charge is 2.31. The van der Waals surface area contributed by atoms with Crippen molar-refractivity contribution >= 4 is 52.1 Å². The van der Waals surface area contributed by atoms with Gasteiger partial charge in [-0.1, -0.05) is 36.1 Å². The molecule has 2 heterocycles. The zero-order chi connectivity index (χ0) is 22.2. The van der Waals surface area contributed by atoms with Crippen LogP contribution in [0.3, 0.4) is 0 Å². The molecule has 160 valence electrons. The maximum Gasteiger partial charge on any atom is 0.269 e. The Hall–Kier alpha value is -3.24. The van der Waals surface area contributed by atoms with Crippen LogP contribution in [0.5, 0.6) is 5.75 Å². The number of pyridine rings is 1. The van der Waals surface area contributed by atoms with E-state index in [2.05, 4.69) is 15.8 Å². The maximum atomic E-state index is 12.7. The van der Waals surface area contributed by atoms with Crippen molar-refractivity contribution in [1.82, 2.24) is 20.7 Å². The SMILES string of the molecule is COc1cccc(C=C2SC(=S)N(CCCC(=O)NNC(=O)c3ccncc3)C2=O)c1. The van der Waals surface area contributed by atoms with E-state index in [0.717, 1.165) is 5.56 Å². The zero-order valence-corrected chi connectivity index (χ0v) is 18.3. The molecule has 0 atom stereocenters. The van der Waals surface area contributed by atoms with Gasteiger partial charge in [-0.05, 0) is 42.3 Å². The van der Waals surface area contributed by atoms with E-state index in [-0.39, 0.29) is 18.2 Å². The molecule has 8 nitrogen and oxygen atoms in total. The number of carbonyl (C=O) groups excluding carboxylic acids is 3. The van der Waals surface area contributed by atoms with Gasteiger partial charge in [0.1, 0.15) is 10.1 Å². The summed E-state index contributed by atoms with van der Waals surface area (Å²) in [7, 11) is 1.58. The van der Waals surface area contributed by atoms with Crippen molar-refractivity contribution in [2.75, 3.05) is 13.7 Å². The molecule has 3 amide bonds. The second kappa shape index (κ2) is 10.7. The Labute approximate surface area is 189 Å². The number of thiocarbonyl (C=S) groups is 1. The first-order chi connectivity index (χ1) is 15.0. The number of aromatic nitrogens is 1. The van der Waals surface area contributed by atoms with Gasteiger partial charge in [-0.2, -0.15) is 0 Å². The number of rotatable bonds is 7. The average molecular weight is 457 g/mol. The molecule has 0 aliphatic carbocycles. The third-order valence-corrected chi connectivity index (χ3v) is 5.69. The molecule has 0 saturated carbocycles. The predicted octanol–water partition coefficient (Wildman–Crippen LogP) is 2.53. The molecular weight excluding hydrogens is 436 g/mol. The van der Waals surface area contributed by atoms with Crippen LogP contribution in [0, 0.1) is 0 Å². The largest absolute Gasteiger partial charge is 0.497 e. The second-order valence-electron chi connectivity index (χ2n) is 6.45. The van der Waals surface area contributed by atoms with E-state index in [4.69, 9.17) is 17.0 Å². The normalized spacial score (nSPS) is 14.6. The Kier molecular flexibility index (Phi) is 7.74. The van der Waals surface area contributed by atoms with Gasteiger partial charge in [-0.15, -0.1) is 0 Å². The van der Waals surface area contributed by atoms with Gasteiger partial charge in [0.05, 0.1) is 12.0 Å². The summed E-state index contributed by atoms with van der Waals surface area (Å²) < 4.78 is 5.65. The lowest BCUT2D eigenvalue weighted by molar-refractivity contribution is -0.124. The average Bonchev–Trinajstić information content (AvgIpc) is 3.05. The van der Waals surface area contributed by atoms with Crippen LogP contribution in [0.15, 0.2) is 53.7 Å². The van der Waals surface area contributed by atoms with E-state index in [1.54, 1.807) is 13.2 Å². The fraction of sp³-hybridized carbons (Fsp3) is 0.190. The molecule has 3 rings (SSSR count). The van der Waals surface area contributed by atoms with Crippen LogP contribution in [-0.4, -0.2) is 45.6 Å². The van der Waals surface area contributed by atoms with E-state index < -0.39 is 5.91 Å². The quantitative estimate of drug-likeness (QED) is 0.375. The summed E-state index contributed by atoms with van der Waals surface area (Å²) in [5.41, 5.74) is 5.92. The first-order valence-electron chi connectivity index (χ1n) is 9.36. The van der Waals surface area contributed by atoms with Gasteiger partial charge < -0.3 is 4.74 Å². The topological polar surface area (TPSA) is 101 Å². The number of hydrogen-bond donors (Lipinski definition) is 2. The predicted molar refractivity (Wildman–Crippen MR) is 122 cm³/mol. The number of methoxy groups -OCH3 is 1. The molecule has 1 aromatic heterocycles. The molecule has 0 bridgehead atoms. The number of benzene rings is 1. The Morgan fingerprint density at radius 2 is 2.00 bits per heavy atom. The summed E-state index contributed by atoms with van der Waals surface area (Å²) in [5, 5.41) is 0. The third kappa shape index (κ3) is 6.12. The lowest BCUT2D eigenvalue weighted by Gasteiger charge is -2.14. The van der Waals surface area contributed by atoms with E-state index in [9.17, 15) is 14.4 Å². The molecule has 0 unspecified atom stereocenters. The fourth-order valence-electron chi connectivity index (χ4n) is 2.74. The smallest absolute Gasteiger partial charge is 0.269 e. The van der Waals surface area contributed by atoms with Gasteiger partial charge in [0.15, 0.2) is 0 Å². The Bertz CT molecular complexity index is 1030. The van der Waals surface area contributed by atoms with Crippen LogP contribution in [0.1, 0.15) is 28.8 Å². The fourth-order valence-corrected chi connectivity index (χ4v) is 4.05. The number of hydrazine groups is 1. The van der Waals surface area contributed by atoms with Gasteiger partial charge in [-0.3, -0.25) is 35.1 Å². The Morgan fingerprint density at radius 3 is 2.74 bits per heavy atom. The van der Waals surface area contributed by atoms with Gasteiger partial charge in [-0.25, -0.2) is 0 Å². The van der Waals surface area contributed by atoms with Crippen LogP contribution in [0.4, 0.5) is 0 Å². The lowest BCUT2D eigenvalue weighted by atomic mass is 10.2. The van der Waals surface area contributed by atoms with Crippen LogP contribution in [0.25, 0.3) is 6.08 Å². The molecular formula is C21H20N4O4S2.